The number of aliphatic carboxylic acids is 1. The number of carbonyl (C=O) groups is 3. The minimum absolute atomic E-state index is 0.0271. The van der Waals surface area contributed by atoms with Crippen LogP contribution in [0.15, 0.2) is 72.9 Å². The van der Waals surface area contributed by atoms with Gasteiger partial charge in [-0.15, -0.1) is 0 Å². The van der Waals surface area contributed by atoms with Gasteiger partial charge in [-0.25, -0.2) is 4.79 Å². The van der Waals surface area contributed by atoms with E-state index in [1.165, 1.54) is 96.3 Å². The van der Waals surface area contributed by atoms with Crippen molar-refractivity contribution in [1.29, 1.82) is 0 Å². The first-order chi connectivity index (χ1) is 29.1. The second-order valence-corrected chi connectivity index (χ2v) is 17.0. The molecular formula is C52H90NO7+. The van der Waals surface area contributed by atoms with E-state index in [1.54, 1.807) is 0 Å². The number of unbranched alkanes of at least 4 members (excludes halogenated alkanes) is 16. The summed E-state index contributed by atoms with van der Waals surface area (Å²) in [6, 6.07) is -0.631. The fourth-order valence-electron chi connectivity index (χ4n) is 6.66. The Hall–Kier alpha value is -3.23. The van der Waals surface area contributed by atoms with E-state index in [-0.39, 0.29) is 42.7 Å². The molecule has 0 fully saturated rings. The van der Waals surface area contributed by atoms with Crippen molar-refractivity contribution in [2.45, 2.75) is 199 Å². The Morgan fingerprint density at radius 3 is 1.45 bits per heavy atom. The summed E-state index contributed by atoms with van der Waals surface area (Å²) in [5, 5.41) is 9.63. The van der Waals surface area contributed by atoms with Gasteiger partial charge in [0, 0.05) is 19.3 Å². The van der Waals surface area contributed by atoms with Gasteiger partial charge in [0.05, 0.1) is 34.4 Å². The van der Waals surface area contributed by atoms with Crippen LogP contribution in [0.25, 0.3) is 0 Å². The molecule has 0 spiro atoms. The zero-order valence-electron chi connectivity index (χ0n) is 39.1. The predicted molar refractivity (Wildman–Crippen MR) is 252 cm³/mol. The summed E-state index contributed by atoms with van der Waals surface area (Å²) in [4.78, 5) is 37.0. The van der Waals surface area contributed by atoms with Gasteiger partial charge in [0.25, 0.3) is 0 Å². The molecule has 8 heteroatoms. The molecule has 8 nitrogen and oxygen atoms in total. The fourth-order valence-corrected chi connectivity index (χ4v) is 6.66. The first kappa shape index (κ1) is 56.8. The second-order valence-electron chi connectivity index (χ2n) is 17.0. The van der Waals surface area contributed by atoms with E-state index in [9.17, 15) is 19.5 Å². The number of allylic oxidation sites excluding steroid dienone is 12. The number of carbonyl (C=O) groups excluding carboxylic acids is 2. The maximum Gasteiger partial charge on any atom is 0.362 e. The van der Waals surface area contributed by atoms with Crippen molar-refractivity contribution in [3.8, 4) is 0 Å². The van der Waals surface area contributed by atoms with Gasteiger partial charge in [-0.05, 0) is 70.6 Å². The molecule has 2 unspecified atom stereocenters. The van der Waals surface area contributed by atoms with Crippen molar-refractivity contribution in [1.82, 2.24) is 0 Å². The smallest absolute Gasteiger partial charge is 0.362 e. The quantitative estimate of drug-likeness (QED) is 0.0283. The zero-order chi connectivity index (χ0) is 44.2. The van der Waals surface area contributed by atoms with Gasteiger partial charge < -0.3 is 23.8 Å². The molecule has 0 aromatic rings. The molecule has 0 amide bonds. The number of likely N-dealkylation sites (N-methyl/N-ethyl adjacent to an activating group) is 1. The lowest BCUT2D eigenvalue weighted by molar-refractivity contribution is -0.887. The first-order valence-corrected chi connectivity index (χ1v) is 24.0. The van der Waals surface area contributed by atoms with Crippen LogP contribution in [0.5, 0.6) is 0 Å². The van der Waals surface area contributed by atoms with Gasteiger partial charge in [0.2, 0.25) is 0 Å². The lowest BCUT2D eigenvalue weighted by Crippen LogP contribution is -2.50. The first-order valence-electron chi connectivity index (χ1n) is 24.0. The number of rotatable bonds is 42. The van der Waals surface area contributed by atoms with E-state index < -0.39 is 18.1 Å². The van der Waals surface area contributed by atoms with Crippen LogP contribution in [0.1, 0.15) is 187 Å². The molecule has 0 aliphatic carbocycles. The van der Waals surface area contributed by atoms with Crippen molar-refractivity contribution >= 4 is 17.9 Å². The topological polar surface area (TPSA) is 99.1 Å². The summed E-state index contributed by atoms with van der Waals surface area (Å²) in [6.45, 7) is 4.54. The average molecular weight is 841 g/mol. The van der Waals surface area contributed by atoms with E-state index in [2.05, 4.69) is 74.6 Å². The van der Waals surface area contributed by atoms with Crippen LogP contribution < -0.4 is 0 Å². The van der Waals surface area contributed by atoms with Gasteiger partial charge in [-0.3, -0.25) is 9.59 Å². The van der Waals surface area contributed by atoms with Crippen molar-refractivity contribution < 1.29 is 38.2 Å². The number of hydrogen-bond donors (Lipinski definition) is 1. The van der Waals surface area contributed by atoms with Gasteiger partial charge >= 0.3 is 17.9 Å². The molecule has 1 N–H and O–H groups in total. The number of hydrogen-bond acceptors (Lipinski definition) is 6. The molecular weight excluding hydrogens is 751 g/mol. The lowest BCUT2D eigenvalue weighted by atomic mass is 10.1. The molecule has 2 atom stereocenters. The number of quaternary nitrogens is 1. The normalized spacial score (nSPS) is 13.6. The van der Waals surface area contributed by atoms with Crippen molar-refractivity contribution in [3.05, 3.63) is 72.9 Å². The van der Waals surface area contributed by atoms with Crippen LogP contribution in [0, 0.1) is 0 Å². The highest BCUT2D eigenvalue weighted by Gasteiger charge is 2.31. The molecule has 0 rings (SSSR count). The Labute approximate surface area is 368 Å². The molecule has 0 radical (unpaired) electrons. The van der Waals surface area contributed by atoms with Crippen molar-refractivity contribution in [3.63, 3.8) is 0 Å². The molecule has 0 bridgehead atoms. The molecule has 344 valence electrons. The van der Waals surface area contributed by atoms with E-state index in [0.717, 1.165) is 51.4 Å². The van der Waals surface area contributed by atoms with Crippen LogP contribution in [-0.4, -0.2) is 80.6 Å². The fraction of sp³-hybridized carbons (Fsp3) is 0.712. The van der Waals surface area contributed by atoms with Crippen molar-refractivity contribution in [2.75, 3.05) is 41.0 Å². The molecule has 0 aliphatic heterocycles. The molecule has 0 aromatic carbocycles. The third-order valence-electron chi connectivity index (χ3n) is 10.4. The van der Waals surface area contributed by atoms with E-state index in [1.807, 2.05) is 33.3 Å². The third-order valence-corrected chi connectivity index (χ3v) is 10.4. The monoisotopic (exact) mass is 841 g/mol. The minimum atomic E-state index is -0.888. The van der Waals surface area contributed by atoms with Crippen LogP contribution in [0.4, 0.5) is 0 Å². The summed E-state index contributed by atoms with van der Waals surface area (Å²) in [5.74, 6) is -1.58. The predicted octanol–water partition coefficient (Wildman–Crippen LogP) is 13.5. The SMILES string of the molecule is CC/C=C/C/C=C/C/C=C/C/C=C/C/C=C/CCC(=O)OC(COCCC(C(=O)O)[N+](C)(C)C)COC(=O)CCCCCCCCC/C=C/CCCCCCCCCCC. The number of carboxylic acid groups (broad SMARTS) is 1. The highest BCUT2D eigenvalue weighted by molar-refractivity contribution is 5.72. The van der Waals surface area contributed by atoms with Gasteiger partial charge in [-0.2, -0.15) is 0 Å². The van der Waals surface area contributed by atoms with Gasteiger partial charge in [0.15, 0.2) is 12.1 Å². The van der Waals surface area contributed by atoms with E-state index in [0.29, 0.717) is 19.3 Å². The van der Waals surface area contributed by atoms with Crippen LogP contribution in [-0.2, 0) is 28.6 Å². The van der Waals surface area contributed by atoms with Crippen molar-refractivity contribution in [2.24, 2.45) is 0 Å². The minimum Gasteiger partial charge on any atom is -0.477 e. The van der Waals surface area contributed by atoms with E-state index >= 15 is 0 Å². The highest BCUT2D eigenvalue weighted by atomic mass is 16.6. The Morgan fingerprint density at radius 2 is 0.967 bits per heavy atom. The number of carboxylic acids is 1. The summed E-state index contributed by atoms with van der Waals surface area (Å²) < 4.78 is 17.2. The van der Waals surface area contributed by atoms with Crippen LogP contribution in [0.2, 0.25) is 0 Å². The molecule has 0 aromatic heterocycles. The van der Waals surface area contributed by atoms with Gasteiger partial charge in [0.1, 0.15) is 6.61 Å². The Kier molecular flexibility index (Phi) is 40.2. The van der Waals surface area contributed by atoms with Crippen LogP contribution >= 0.6 is 0 Å². The molecule has 0 heterocycles. The summed E-state index contributed by atoms with van der Waals surface area (Å²) in [5.41, 5.74) is 0. The summed E-state index contributed by atoms with van der Waals surface area (Å²) >= 11 is 0. The van der Waals surface area contributed by atoms with Gasteiger partial charge in [-0.1, -0.05) is 170 Å². The number of esters is 2. The summed E-state index contributed by atoms with van der Waals surface area (Å²) in [7, 11) is 5.50. The standard InChI is InChI=1S/C52H89NO7/c1-6-8-10-12-14-16-18-20-22-24-25-26-27-29-30-32-34-36-38-40-42-50(54)59-47-48(46-58-45-44-49(52(56)57)53(3,4)5)60-51(55)43-41-39-37-35-33-31-28-23-21-19-17-15-13-11-9-7-2/h9,11,15,17,21,23,25-26,31,33,37,39,48-49H,6-8,10,12-14,16,18-20,22,24,27-30,32,34-36,38,40-47H2,1-5H3/p+1/b11-9+,17-15+,23-21+,26-25+,33-31+,39-37+. The second kappa shape index (κ2) is 42.5. The molecule has 0 saturated carbocycles. The third kappa shape index (κ3) is 40.2. The molecule has 0 aliphatic rings. The Bertz CT molecular complexity index is 1210. The maximum absolute atomic E-state index is 12.7. The zero-order valence-corrected chi connectivity index (χ0v) is 39.1. The maximum atomic E-state index is 12.7. The number of ether oxygens (including phenoxy) is 3. The highest BCUT2D eigenvalue weighted by Crippen LogP contribution is 2.14. The Morgan fingerprint density at radius 1 is 0.517 bits per heavy atom. The number of nitrogens with zero attached hydrogens (tertiary/aromatic N) is 1. The average Bonchev–Trinajstić information content (AvgIpc) is 3.21. The Balaban J connectivity index is 4.38. The summed E-state index contributed by atoms with van der Waals surface area (Å²) in [6.07, 6.45) is 54.0. The van der Waals surface area contributed by atoms with Crippen LogP contribution in [0.3, 0.4) is 0 Å². The largest absolute Gasteiger partial charge is 0.477 e. The lowest BCUT2D eigenvalue weighted by Gasteiger charge is -2.31. The van der Waals surface area contributed by atoms with E-state index in [4.69, 9.17) is 14.2 Å². The molecule has 60 heavy (non-hydrogen) atoms. The molecule has 0 saturated heterocycles.